The molecule has 0 unspecified atom stereocenters. The average Bonchev–Trinajstić information content (AvgIpc) is 2.70. The Bertz CT molecular complexity index is 803. The topological polar surface area (TPSA) is 54.0 Å². The molecule has 2 aromatic carbocycles. The molecule has 0 bridgehead atoms. The second-order valence-electron chi connectivity index (χ2n) is 6.49. The molecule has 0 spiro atoms. The number of methoxy groups -OCH3 is 4. The highest BCUT2D eigenvalue weighted by Gasteiger charge is 2.31. The second kappa shape index (κ2) is 8.77. The summed E-state index contributed by atoms with van der Waals surface area (Å²) in [6.45, 7) is 4.39. The van der Waals surface area contributed by atoms with E-state index >= 15 is 0 Å². The summed E-state index contributed by atoms with van der Waals surface area (Å²) in [5, 5.41) is 2.12. The van der Waals surface area contributed by atoms with Crippen molar-refractivity contribution < 1.29 is 23.7 Å². The number of esters is 1. The maximum absolute atomic E-state index is 12.1. The standard InChI is InChI=1S/C21H26O5Si/c1-23-17-12-15(13-18(24-2)21(17)26-4)19(14-20(22)25-3)27(5,6)16-10-8-7-9-11-16/h7-14H,1-6H3/b19-14+. The maximum atomic E-state index is 12.1. The number of ether oxygens (including phenoxy) is 4. The van der Waals surface area contributed by atoms with E-state index in [0.29, 0.717) is 17.2 Å². The van der Waals surface area contributed by atoms with Gasteiger partial charge in [0.15, 0.2) is 11.5 Å². The van der Waals surface area contributed by atoms with E-state index < -0.39 is 14.0 Å². The largest absolute Gasteiger partial charge is 0.493 e. The van der Waals surface area contributed by atoms with Gasteiger partial charge >= 0.3 is 5.97 Å². The molecule has 0 saturated heterocycles. The lowest BCUT2D eigenvalue weighted by atomic mass is 10.1. The average molecular weight is 387 g/mol. The van der Waals surface area contributed by atoms with E-state index in [9.17, 15) is 4.79 Å². The van der Waals surface area contributed by atoms with Crippen molar-refractivity contribution in [2.75, 3.05) is 28.4 Å². The highest BCUT2D eigenvalue weighted by atomic mass is 28.3. The van der Waals surface area contributed by atoms with Crippen LogP contribution in [0.3, 0.4) is 0 Å². The number of hydrogen-bond donors (Lipinski definition) is 0. The van der Waals surface area contributed by atoms with Crippen LogP contribution in [-0.2, 0) is 9.53 Å². The highest BCUT2D eigenvalue weighted by Crippen LogP contribution is 2.41. The third-order valence-electron chi connectivity index (χ3n) is 4.61. The number of rotatable bonds is 7. The molecule has 0 heterocycles. The van der Waals surface area contributed by atoms with E-state index in [2.05, 4.69) is 25.2 Å². The minimum Gasteiger partial charge on any atom is -0.493 e. The molecule has 5 nitrogen and oxygen atoms in total. The molecular formula is C21H26O5Si. The van der Waals surface area contributed by atoms with E-state index in [1.165, 1.54) is 12.3 Å². The molecular weight excluding hydrogens is 360 g/mol. The van der Waals surface area contributed by atoms with Gasteiger partial charge in [-0.1, -0.05) is 48.6 Å². The van der Waals surface area contributed by atoms with Crippen LogP contribution in [0.4, 0.5) is 0 Å². The predicted octanol–water partition coefficient (Wildman–Crippen LogP) is 3.42. The molecule has 0 aliphatic heterocycles. The summed E-state index contributed by atoms with van der Waals surface area (Å²) in [6.07, 6.45) is 1.57. The van der Waals surface area contributed by atoms with Crippen LogP contribution < -0.4 is 19.4 Å². The smallest absolute Gasteiger partial charge is 0.330 e. The van der Waals surface area contributed by atoms with Gasteiger partial charge in [-0.2, -0.15) is 0 Å². The first-order valence-electron chi connectivity index (χ1n) is 8.55. The summed E-state index contributed by atoms with van der Waals surface area (Å²) in [7, 11) is 3.87. The molecule has 0 saturated carbocycles. The van der Waals surface area contributed by atoms with Crippen LogP contribution in [-0.4, -0.2) is 42.5 Å². The predicted molar refractivity (Wildman–Crippen MR) is 110 cm³/mol. The zero-order valence-corrected chi connectivity index (χ0v) is 17.7. The molecule has 2 aromatic rings. The van der Waals surface area contributed by atoms with E-state index in [0.717, 1.165) is 10.8 Å². The van der Waals surface area contributed by atoms with E-state index in [1.54, 1.807) is 27.4 Å². The van der Waals surface area contributed by atoms with Gasteiger partial charge in [0, 0.05) is 6.08 Å². The van der Waals surface area contributed by atoms with Gasteiger partial charge in [0.2, 0.25) is 5.75 Å². The molecule has 0 radical (unpaired) electrons. The van der Waals surface area contributed by atoms with Crippen LogP contribution >= 0.6 is 0 Å². The molecule has 6 heteroatoms. The van der Waals surface area contributed by atoms with Gasteiger partial charge in [-0.25, -0.2) is 4.79 Å². The van der Waals surface area contributed by atoms with Crippen molar-refractivity contribution in [1.82, 2.24) is 0 Å². The first-order chi connectivity index (χ1) is 12.9. The maximum Gasteiger partial charge on any atom is 0.330 e. The van der Waals surface area contributed by atoms with Crippen LogP contribution in [0.15, 0.2) is 48.5 Å². The van der Waals surface area contributed by atoms with Crippen molar-refractivity contribution in [3.05, 3.63) is 54.1 Å². The summed E-state index contributed by atoms with van der Waals surface area (Å²) in [4.78, 5) is 12.1. The van der Waals surface area contributed by atoms with Crippen LogP contribution in [0.1, 0.15) is 5.56 Å². The minimum absolute atomic E-state index is 0.393. The summed E-state index contributed by atoms with van der Waals surface area (Å²) in [6, 6.07) is 13.9. The Kier molecular flexibility index (Phi) is 6.68. The fourth-order valence-electron chi connectivity index (χ4n) is 3.05. The SMILES string of the molecule is COC(=O)/C=C(\c1cc(OC)c(OC)c(OC)c1)[Si](C)(C)c1ccccc1. The van der Waals surface area contributed by atoms with Crippen LogP contribution in [0.25, 0.3) is 5.20 Å². The Morgan fingerprint density at radius 1 is 0.889 bits per heavy atom. The van der Waals surface area contributed by atoms with Gasteiger partial charge in [0.1, 0.15) is 8.07 Å². The van der Waals surface area contributed by atoms with Crippen molar-refractivity contribution in [3.8, 4) is 17.2 Å². The summed E-state index contributed by atoms with van der Waals surface area (Å²) < 4.78 is 21.3. The van der Waals surface area contributed by atoms with Crippen molar-refractivity contribution in [2.45, 2.75) is 13.1 Å². The molecule has 2 rings (SSSR count). The third kappa shape index (κ3) is 4.34. The van der Waals surface area contributed by atoms with Crippen LogP contribution in [0.5, 0.6) is 17.2 Å². The van der Waals surface area contributed by atoms with Crippen LogP contribution in [0, 0.1) is 0 Å². The Labute approximate surface area is 161 Å². The van der Waals surface area contributed by atoms with Gasteiger partial charge in [-0.05, 0) is 22.9 Å². The molecule has 0 atom stereocenters. The molecule has 0 N–H and O–H groups in total. The molecule has 0 aliphatic carbocycles. The number of benzene rings is 2. The van der Waals surface area contributed by atoms with Crippen molar-refractivity contribution in [2.24, 2.45) is 0 Å². The minimum atomic E-state index is -2.22. The van der Waals surface area contributed by atoms with Gasteiger partial charge in [0.05, 0.1) is 28.4 Å². The van der Waals surface area contributed by atoms with Gasteiger partial charge < -0.3 is 18.9 Å². The van der Waals surface area contributed by atoms with Crippen LogP contribution in [0.2, 0.25) is 13.1 Å². The number of carbonyl (C=O) groups excluding carboxylic acids is 1. The van der Waals surface area contributed by atoms with Crippen molar-refractivity contribution in [1.29, 1.82) is 0 Å². The van der Waals surface area contributed by atoms with E-state index in [1.807, 2.05) is 30.3 Å². The lowest BCUT2D eigenvalue weighted by Gasteiger charge is -2.28. The van der Waals surface area contributed by atoms with E-state index in [-0.39, 0.29) is 0 Å². The van der Waals surface area contributed by atoms with E-state index in [4.69, 9.17) is 18.9 Å². The molecule has 0 fully saturated rings. The molecule has 0 aromatic heterocycles. The van der Waals surface area contributed by atoms with Crippen molar-refractivity contribution >= 4 is 24.4 Å². The zero-order valence-electron chi connectivity index (χ0n) is 16.7. The molecule has 0 aliphatic rings. The molecule has 27 heavy (non-hydrogen) atoms. The molecule has 0 amide bonds. The lowest BCUT2D eigenvalue weighted by Crippen LogP contribution is -2.43. The number of hydrogen-bond acceptors (Lipinski definition) is 5. The van der Waals surface area contributed by atoms with Gasteiger partial charge in [-0.15, -0.1) is 0 Å². The van der Waals surface area contributed by atoms with Gasteiger partial charge in [0.25, 0.3) is 0 Å². The zero-order chi connectivity index (χ0) is 20.0. The quantitative estimate of drug-likeness (QED) is 0.415. The Hall–Kier alpha value is -2.73. The van der Waals surface area contributed by atoms with Crippen molar-refractivity contribution in [3.63, 3.8) is 0 Å². The van der Waals surface area contributed by atoms with Gasteiger partial charge in [-0.3, -0.25) is 0 Å². The normalized spacial score (nSPS) is 11.7. The first kappa shape index (κ1) is 20.6. The lowest BCUT2D eigenvalue weighted by molar-refractivity contribution is -0.134. The summed E-state index contributed by atoms with van der Waals surface area (Å²) in [5.41, 5.74) is 0.843. The third-order valence-corrected chi connectivity index (χ3v) is 8.16. The second-order valence-corrected chi connectivity index (χ2v) is 10.9. The Balaban J connectivity index is 2.73. The monoisotopic (exact) mass is 386 g/mol. The Morgan fingerprint density at radius 2 is 1.44 bits per heavy atom. The summed E-state index contributed by atoms with van der Waals surface area (Å²) in [5.74, 6) is 1.21. The number of carbonyl (C=O) groups is 1. The highest BCUT2D eigenvalue weighted by molar-refractivity contribution is 7.04. The fourth-order valence-corrected chi connectivity index (χ4v) is 5.73. The first-order valence-corrected chi connectivity index (χ1v) is 11.5. The Morgan fingerprint density at radius 3 is 1.89 bits per heavy atom. The summed E-state index contributed by atoms with van der Waals surface area (Å²) >= 11 is 0. The fraction of sp³-hybridized carbons (Fsp3) is 0.286. The molecule has 144 valence electrons.